The van der Waals surface area contributed by atoms with E-state index >= 15 is 0 Å². The van der Waals surface area contributed by atoms with Gasteiger partial charge in [-0.05, 0) is 37.5 Å². The van der Waals surface area contributed by atoms with Gasteiger partial charge >= 0.3 is 6.01 Å². The van der Waals surface area contributed by atoms with Crippen LogP contribution in [0.3, 0.4) is 0 Å². The van der Waals surface area contributed by atoms with Crippen LogP contribution >= 0.6 is 0 Å². The number of nitriles is 1. The molecule has 152 valence electrons. The minimum atomic E-state index is 0.167. The summed E-state index contributed by atoms with van der Waals surface area (Å²) in [5, 5.41) is 12.5. The van der Waals surface area contributed by atoms with Crippen molar-refractivity contribution < 1.29 is 4.74 Å². The molecule has 2 aliphatic heterocycles. The van der Waals surface area contributed by atoms with E-state index in [4.69, 9.17) is 20.0 Å². The molecule has 0 unspecified atom stereocenters. The molecule has 3 heterocycles. The smallest absolute Gasteiger partial charge is 0.318 e. The first kappa shape index (κ1) is 19.5. The summed E-state index contributed by atoms with van der Waals surface area (Å²) >= 11 is 0. The van der Waals surface area contributed by atoms with Crippen LogP contribution in [0.15, 0.2) is 18.2 Å². The number of aryl methyl sites for hydroxylation is 1. The SMILES string of the molecule is COc1nc2c(c(N3CCN[C@@H](CC#N)C3)n1)CCN(c1cccc(C)c1C)C2. The summed E-state index contributed by atoms with van der Waals surface area (Å²) in [6.07, 6.45) is 1.40. The molecule has 29 heavy (non-hydrogen) atoms. The number of benzene rings is 1. The maximum Gasteiger partial charge on any atom is 0.318 e. The Morgan fingerprint density at radius 1 is 1.24 bits per heavy atom. The van der Waals surface area contributed by atoms with E-state index in [0.717, 1.165) is 50.7 Å². The van der Waals surface area contributed by atoms with Crippen molar-refractivity contribution in [1.82, 2.24) is 15.3 Å². The Morgan fingerprint density at radius 3 is 2.90 bits per heavy atom. The number of rotatable bonds is 4. The number of hydrogen-bond acceptors (Lipinski definition) is 7. The Balaban J connectivity index is 1.66. The summed E-state index contributed by atoms with van der Waals surface area (Å²) < 4.78 is 5.43. The van der Waals surface area contributed by atoms with Gasteiger partial charge in [-0.2, -0.15) is 15.2 Å². The number of aromatic nitrogens is 2. The highest BCUT2D eigenvalue weighted by atomic mass is 16.5. The quantitative estimate of drug-likeness (QED) is 0.856. The molecular weight excluding hydrogens is 364 g/mol. The maximum absolute atomic E-state index is 9.07. The van der Waals surface area contributed by atoms with Crippen LogP contribution in [0.4, 0.5) is 11.5 Å². The fourth-order valence-corrected chi connectivity index (χ4v) is 4.29. The highest BCUT2D eigenvalue weighted by Gasteiger charge is 2.28. The third kappa shape index (κ3) is 3.85. The lowest BCUT2D eigenvalue weighted by Gasteiger charge is -2.37. The van der Waals surface area contributed by atoms with Crippen LogP contribution in [0, 0.1) is 25.2 Å². The van der Waals surface area contributed by atoms with E-state index < -0.39 is 0 Å². The third-order valence-electron chi connectivity index (χ3n) is 6.01. The first-order valence-electron chi connectivity index (χ1n) is 10.2. The second-order valence-corrected chi connectivity index (χ2v) is 7.81. The zero-order chi connectivity index (χ0) is 20.4. The van der Waals surface area contributed by atoms with Crippen molar-refractivity contribution in [2.45, 2.75) is 39.3 Å². The summed E-state index contributed by atoms with van der Waals surface area (Å²) in [6, 6.07) is 9.32. The summed E-state index contributed by atoms with van der Waals surface area (Å²) in [5.74, 6) is 0.969. The van der Waals surface area contributed by atoms with Crippen LogP contribution in [-0.2, 0) is 13.0 Å². The normalized spacial score (nSPS) is 18.9. The molecule has 7 heteroatoms. The molecule has 2 aliphatic rings. The van der Waals surface area contributed by atoms with Gasteiger partial charge in [0.15, 0.2) is 0 Å². The zero-order valence-electron chi connectivity index (χ0n) is 17.4. The minimum Gasteiger partial charge on any atom is -0.467 e. The van der Waals surface area contributed by atoms with Gasteiger partial charge in [0.1, 0.15) is 5.82 Å². The van der Waals surface area contributed by atoms with Crippen molar-refractivity contribution in [1.29, 1.82) is 5.26 Å². The van der Waals surface area contributed by atoms with Gasteiger partial charge < -0.3 is 19.9 Å². The van der Waals surface area contributed by atoms with Gasteiger partial charge in [0, 0.05) is 43.5 Å². The Labute approximate surface area is 172 Å². The summed E-state index contributed by atoms with van der Waals surface area (Å²) in [5.41, 5.74) is 6.14. The van der Waals surface area contributed by atoms with Gasteiger partial charge in [0.05, 0.1) is 31.8 Å². The molecule has 1 aromatic carbocycles. The number of fused-ring (bicyclic) bond motifs is 1. The van der Waals surface area contributed by atoms with Crippen LogP contribution in [0.2, 0.25) is 0 Å². The second kappa shape index (κ2) is 8.26. The average Bonchev–Trinajstić information content (AvgIpc) is 2.75. The molecule has 1 aromatic heterocycles. The molecular formula is C22H28N6O. The number of nitrogens with one attached hydrogen (secondary N) is 1. The Bertz CT molecular complexity index is 938. The lowest BCUT2D eigenvalue weighted by Crippen LogP contribution is -2.51. The maximum atomic E-state index is 9.07. The number of hydrogen-bond donors (Lipinski definition) is 1. The lowest BCUT2D eigenvalue weighted by atomic mass is 10.0. The fourth-order valence-electron chi connectivity index (χ4n) is 4.29. The summed E-state index contributed by atoms with van der Waals surface area (Å²) in [6.45, 7) is 8.52. The van der Waals surface area contributed by atoms with Gasteiger partial charge in [-0.3, -0.25) is 0 Å². The van der Waals surface area contributed by atoms with Crippen molar-refractivity contribution >= 4 is 11.5 Å². The van der Waals surface area contributed by atoms with Crippen LogP contribution in [0.25, 0.3) is 0 Å². The molecule has 4 rings (SSSR count). The molecule has 1 saturated heterocycles. The summed E-state index contributed by atoms with van der Waals surface area (Å²) in [4.78, 5) is 14.1. The van der Waals surface area contributed by atoms with Crippen LogP contribution in [0.5, 0.6) is 6.01 Å². The van der Waals surface area contributed by atoms with E-state index in [1.807, 2.05) is 0 Å². The molecule has 0 radical (unpaired) electrons. The van der Waals surface area contributed by atoms with Crippen molar-refractivity contribution in [2.24, 2.45) is 0 Å². The van der Waals surface area contributed by atoms with Crippen molar-refractivity contribution in [3.8, 4) is 12.1 Å². The first-order valence-corrected chi connectivity index (χ1v) is 10.2. The van der Waals surface area contributed by atoms with Crippen molar-refractivity contribution in [3.63, 3.8) is 0 Å². The van der Waals surface area contributed by atoms with E-state index in [0.29, 0.717) is 12.4 Å². The topological polar surface area (TPSA) is 77.3 Å². The number of ether oxygens (including phenoxy) is 1. The fraction of sp³-hybridized carbons (Fsp3) is 0.500. The summed E-state index contributed by atoms with van der Waals surface area (Å²) in [7, 11) is 1.62. The average molecular weight is 393 g/mol. The number of nitrogens with zero attached hydrogens (tertiary/aromatic N) is 5. The lowest BCUT2D eigenvalue weighted by molar-refractivity contribution is 0.375. The molecule has 0 saturated carbocycles. The molecule has 7 nitrogen and oxygen atoms in total. The number of methoxy groups -OCH3 is 1. The predicted octanol–water partition coefficient (Wildman–Crippen LogP) is 2.36. The highest BCUT2D eigenvalue weighted by molar-refractivity contribution is 5.59. The van der Waals surface area contributed by atoms with Gasteiger partial charge in [0.25, 0.3) is 0 Å². The molecule has 2 aromatic rings. The predicted molar refractivity (Wildman–Crippen MR) is 113 cm³/mol. The first-order chi connectivity index (χ1) is 14.1. The van der Waals surface area contributed by atoms with Crippen LogP contribution in [0.1, 0.15) is 28.8 Å². The zero-order valence-corrected chi connectivity index (χ0v) is 17.4. The van der Waals surface area contributed by atoms with E-state index in [2.05, 4.69) is 53.2 Å². The van der Waals surface area contributed by atoms with Crippen molar-refractivity contribution in [2.75, 3.05) is 43.1 Å². The monoisotopic (exact) mass is 392 g/mol. The van der Waals surface area contributed by atoms with Gasteiger partial charge in [-0.15, -0.1) is 0 Å². The molecule has 0 bridgehead atoms. The molecule has 1 fully saturated rings. The Hall–Kier alpha value is -2.85. The molecule has 1 atom stereocenters. The standard InChI is InChI=1S/C22H28N6O/c1-15-5-4-6-20(16(15)2)27-11-8-18-19(14-27)25-22(29-3)26-21(18)28-12-10-24-17(13-28)7-9-23/h4-6,17,24H,7-8,10-14H2,1-3H3/t17-/m0/s1. The van der Waals surface area contributed by atoms with E-state index in [9.17, 15) is 0 Å². The molecule has 0 amide bonds. The van der Waals surface area contributed by atoms with Gasteiger partial charge in [-0.25, -0.2) is 0 Å². The van der Waals surface area contributed by atoms with Crippen LogP contribution in [-0.4, -0.2) is 49.3 Å². The van der Waals surface area contributed by atoms with Gasteiger partial charge in [0.2, 0.25) is 0 Å². The number of anilines is 2. The largest absolute Gasteiger partial charge is 0.467 e. The minimum absolute atomic E-state index is 0.167. The van der Waals surface area contributed by atoms with E-state index in [1.165, 1.54) is 22.4 Å². The molecule has 0 aliphatic carbocycles. The van der Waals surface area contributed by atoms with Crippen molar-refractivity contribution in [3.05, 3.63) is 40.6 Å². The van der Waals surface area contributed by atoms with E-state index in [1.54, 1.807) is 7.11 Å². The molecule has 0 spiro atoms. The number of piperazine rings is 1. The Kier molecular flexibility index (Phi) is 5.54. The Morgan fingerprint density at radius 2 is 2.10 bits per heavy atom. The highest BCUT2D eigenvalue weighted by Crippen LogP contribution is 2.33. The van der Waals surface area contributed by atoms with E-state index in [-0.39, 0.29) is 6.04 Å². The van der Waals surface area contributed by atoms with Gasteiger partial charge in [-0.1, -0.05) is 12.1 Å². The van der Waals surface area contributed by atoms with Crippen LogP contribution < -0.4 is 19.9 Å². The second-order valence-electron chi connectivity index (χ2n) is 7.81. The molecule has 1 N–H and O–H groups in total. The third-order valence-corrected chi connectivity index (χ3v) is 6.01.